The molecule has 0 amide bonds. The number of ketones is 1. The van der Waals surface area contributed by atoms with Crippen LogP contribution in [-0.4, -0.2) is 29.2 Å². The molecule has 1 aliphatic rings. The molecule has 2 unspecified atom stereocenters. The van der Waals surface area contributed by atoms with E-state index >= 15 is 0 Å². The minimum Gasteiger partial charge on any atom is -0.297 e. The number of thiol groups is 1. The fourth-order valence-electron chi connectivity index (χ4n) is 1.87. The molecule has 90 valence electrons. The molecule has 0 saturated carbocycles. The normalized spacial score (nSPS) is 23.6. The second-order valence-electron chi connectivity index (χ2n) is 3.92. The third kappa shape index (κ3) is 3.12. The maximum atomic E-state index is 11.4. The summed E-state index contributed by atoms with van der Waals surface area (Å²) >= 11 is 5.91. The summed E-state index contributed by atoms with van der Waals surface area (Å²) in [4.78, 5) is 22.9. The average molecular weight is 267 g/mol. The van der Waals surface area contributed by atoms with E-state index in [2.05, 4.69) is 17.9 Å². The summed E-state index contributed by atoms with van der Waals surface area (Å²) in [5.74, 6) is 0.366. The average Bonchev–Trinajstić information content (AvgIpc) is 2.79. The number of benzene rings is 1. The number of aldehydes is 1. The topological polar surface area (TPSA) is 46.2 Å². The van der Waals surface area contributed by atoms with Crippen molar-refractivity contribution in [3.05, 3.63) is 29.8 Å². The Labute approximate surface area is 110 Å². The molecule has 0 radical (unpaired) electrons. The molecule has 1 aliphatic heterocycles. The molecule has 2 atom stereocenters. The van der Waals surface area contributed by atoms with E-state index in [-0.39, 0.29) is 17.1 Å². The molecule has 5 heteroatoms. The van der Waals surface area contributed by atoms with Gasteiger partial charge in [-0.2, -0.15) is 0 Å². The van der Waals surface area contributed by atoms with Crippen molar-refractivity contribution < 1.29 is 9.59 Å². The van der Waals surface area contributed by atoms with Gasteiger partial charge in [-0.05, 0) is 24.1 Å². The number of carbonyl (C=O) groups is 2. The molecular formula is C12H13NO2S2. The zero-order valence-corrected chi connectivity index (χ0v) is 10.8. The minimum atomic E-state index is -0.356. The highest BCUT2D eigenvalue weighted by Gasteiger charge is 2.32. The van der Waals surface area contributed by atoms with Gasteiger partial charge in [-0.25, -0.2) is 0 Å². The van der Waals surface area contributed by atoms with Crippen LogP contribution < -0.4 is 5.32 Å². The molecule has 1 saturated heterocycles. The Kier molecular flexibility index (Phi) is 4.25. The van der Waals surface area contributed by atoms with E-state index in [0.29, 0.717) is 6.29 Å². The Morgan fingerprint density at radius 3 is 2.82 bits per heavy atom. The van der Waals surface area contributed by atoms with E-state index in [1.807, 2.05) is 24.3 Å². The number of rotatable bonds is 4. The highest BCUT2D eigenvalue weighted by Crippen LogP contribution is 2.25. The van der Waals surface area contributed by atoms with Crippen LogP contribution >= 0.6 is 24.4 Å². The van der Waals surface area contributed by atoms with Gasteiger partial charge in [0.15, 0.2) is 6.29 Å². The molecule has 1 heterocycles. The monoisotopic (exact) mass is 267 g/mol. The first-order valence-corrected chi connectivity index (χ1v) is 6.82. The quantitative estimate of drug-likeness (QED) is 0.491. The first-order valence-electron chi connectivity index (χ1n) is 5.32. The molecule has 17 heavy (non-hydrogen) atoms. The van der Waals surface area contributed by atoms with Crippen molar-refractivity contribution in [1.82, 2.24) is 5.32 Å². The number of thioether (sulfide) groups is 1. The molecule has 0 aromatic heterocycles. The lowest BCUT2D eigenvalue weighted by atomic mass is 10.0. The maximum Gasteiger partial charge on any atom is 0.213 e. The molecule has 0 bridgehead atoms. The number of nitrogens with one attached hydrogen (secondary N) is 1. The summed E-state index contributed by atoms with van der Waals surface area (Å²) in [5.41, 5.74) is 1.16. The summed E-state index contributed by atoms with van der Waals surface area (Å²) < 4.78 is 0. The van der Waals surface area contributed by atoms with Crippen LogP contribution in [0.3, 0.4) is 0 Å². The standard InChI is InChI=1S/C12H13NO2S2/c14-6-10(15)12-11(17-7-13-12)5-8-1-3-9(16)4-2-8/h1-4,6,11-13,16H,5,7H2. The summed E-state index contributed by atoms with van der Waals surface area (Å²) in [7, 11) is 0. The number of carbonyl (C=O) groups excluding carboxylic acids is 2. The Balaban J connectivity index is 2.05. The van der Waals surface area contributed by atoms with Crippen LogP contribution in [0.1, 0.15) is 5.56 Å². The van der Waals surface area contributed by atoms with Crippen molar-refractivity contribution >= 4 is 36.5 Å². The third-order valence-electron chi connectivity index (χ3n) is 2.77. The molecule has 1 N–H and O–H groups in total. The van der Waals surface area contributed by atoms with E-state index in [0.717, 1.165) is 22.8 Å². The molecule has 0 aliphatic carbocycles. The molecule has 2 rings (SSSR count). The Bertz CT molecular complexity index is 419. The van der Waals surface area contributed by atoms with Crippen LogP contribution in [0.15, 0.2) is 29.2 Å². The van der Waals surface area contributed by atoms with Crippen molar-refractivity contribution in [1.29, 1.82) is 0 Å². The summed E-state index contributed by atoms with van der Waals surface area (Å²) in [6, 6.07) is 7.53. The minimum absolute atomic E-state index is 0.137. The number of Topliss-reactive ketones (excluding diaryl/α,β-unsaturated/α-hetero) is 1. The first kappa shape index (κ1) is 12.7. The summed E-state index contributed by atoms with van der Waals surface area (Å²) in [6.07, 6.45) is 1.20. The van der Waals surface area contributed by atoms with Crippen LogP contribution in [0.5, 0.6) is 0 Å². The lowest BCUT2D eigenvalue weighted by molar-refractivity contribution is -0.131. The van der Waals surface area contributed by atoms with E-state index in [1.165, 1.54) is 0 Å². The van der Waals surface area contributed by atoms with Crippen molar-refractivity contribution in [3.8, 4) is 0 Å². The second-order valence-corrected chi connectivity index (χ2v) is 5.67. The summed E-state index contributed by atoms with van der Waals surface area (Å²) in [5, 5.41) is 3.19. The molecule has 1 fully saturated rings. The molecule has 1 aromatic rings. The van der Waals surface area contributed by atoms with Crippen molar-refractivity contribution in [2.24, 2.45) is 0 Å². The Hall–Kier alpha value is -0.780. The summed E-state index contributed by atoms with van der Waals surface area (Å²) in [6.45, 7) is 0. The predicted octanol–water partition coefficient (Wildman–Crippen LogP) is 1.32. The Morgan fingerprint density at radius 2 is 2.18 bits per heavy atom. The molecular weight excluding hydrogens is 254 g/mol. The van der Waals surface area contributed by atoms with Crippen LogP contribution in [-0.2, 0) is 16.0 Å². The van der Waals surface area contributed by atoms with E-state index in [1.54, 1.807) is 11.8 Å². The van der Waals surface area contributed by atoms with Gasteiger partial charge < -0.3 is 0 Å². The van der Waals surface area contributed by atoms with Crippen LogP contribution in [0.2, 0.25) is 0 Å². The van der Waals surface area contributed by atoms with Gasteiger partial charge >= 0.3 is 0 Å². The fraction of sp³-hybridized carbons (Fsp3) is 0.333. The van der Waals surface area contributed by atoms with Crippen LogP contribution in [0.4, 0.5) is 0 Å². The highest BCUT2D eigenvalue weighted by atomic mass is 32.2. The molecule has 1 aromatic carbocycles. The molecule has 0 spiro atoms. The lowest BCUT2D eigenvalue weighted by Crippen LogP contribution is -2.39. The SMILES string of the molecule is O=CC(=O)C1NCSC1Cc1ccc(S)cc1. The van der Waals surface area contributed by atoms with Gasteiger partial charge in [0.2, 0.25) is 5.78 Å². The number of hydrogen-bond donors (Lipinski definition) is 2. The van der Waals surface area contributed by atoms with Gasteiger partial charge in [0.1, 0.15) is 0 Å². The van der Waals surface area contributed by atoms with E-state index in [4.69, 9.17) is 0 Å². The van der Waals surface area contributed by atoms with Crippen molar-refractivity contribution in [3.63, 3.8) is 0 Å². The van der Waals surface area contributed by atoms with Gasteiger partial charge in [0, 0.05) is 16.0 Å². The van der Waals surface area contributed by atoms with E-state index in [9.17, 15) is 9.59 Å². The van der Waals surface area contributed by atoms with Gasteiger partial charge in [-0.15, -0.1) is 24.4 Å². The van der Waals surface area contributed by atoms with E-state index < -0.39 is 0 Å². The van der Waals surface area contributed by atoms with Crippen molar-refractivity contribution in [2.75, 3.05) is 5.88 Å². The first-order chi connectivity index (χ1) is 8.20. The van der Waals surface area contributed by atoms with Gasteiger partial charge in [0.25, 0.3) is 0 Å². The highest BCUT2D eigenvalue weighted by molar-refractivity contribution is 8.00. The van der Waals surface area contributed by atoms with Gasteiger partial charge in [-0.3, -0.25) is 14.9 Å². The zero-order valence-electron chi connectivity index (χ0n) is 9.13. The zero-order chi connectivity index (χ0) is 12.3. The smallest absolute Gasteiger partial charge is 0.213 e. The predicted molar refractivity (Wildman–Crippen MR) is 71.6 cm³/mol. The largest absolute Gasteiger partial charge is 0.297 e. The van der Waals surface area contributed by atoms with Crippen molar-refractivity contribution in [2.45, 2.75) is 22.6 Å². The second kappa shape index (κ2) is 5.71. The van der Waals surface area contributed by atoms with Crippen LogP contribution in [0.25, 0.3) is 0 Å². The number of hydrogen-bond acceptors (Lipinski definition) is 5. The molecule has 3 nitrogen and oxygen atoms in total. The lowest BCUT2D eigenvalue weighted by Gasteiger charge is -2.15. The van der Waals surface area contributed by atoms with Gasteiger partial charge in [-0.1, -0.05) is 12.1 Å². The van der Waals surface area contributed by atoms with Gasteiger partial charge in [0.05, 0.1) is 6.04 Å². The fourth-order valence-corrected chi connectivity index (χ4v) is 3.24. The van der Waals surface area contributed by atoms with Crippen LogP contribution in [0, 0.1) is 0 Å². The maximum absolute atomic E-state index is 11.4. The third-order valence-corrected chi connectivity index (χ3v) is 4.27. The Morgan fingerprint density at radius 1 is 1.47 bits per heavy atom.